The van der Waals surface area contributed by atoms with Crippen LogP contribution in [0.1, 0.15) is 17.7 Å². The molecule has 2 aromatic carbocycles. The number of aliphatic imine (C=N–C) groups is 1. The van der Waals surface area contributed by atoms with E-state index in [2.05, 4.69) is 15.3 Å². The van der Waals surface area contributed by atoms with E-state index in [-0.39, 0.29) is 23.1 Å². The Kier molecular flexibility index (Phi) is 4.67. The second-order valence-corrected chi connectivity index (χ2v) is 6.76. The summed E-state index contributed by atoms with van der Waals surface area (Å²) in [6.45, 7) is 0. The number of pyridine rings is 1. The third-order valence-electron chi connectivity index (χ3n) is 4.38. The maximum Gasteiger partial charge on any atom is 0.230 e. The molecule has 1 aliphatic rings. The summed E-state index contributed by atoms with van der Waals surface area (Å²) in [6.07, 6.45) is 1.70. The number of nitrogens with two attached hydrogens (primary N) is 1. The number of hydrogen-bond acceptors (Lipinski definition) is 4. The van der Waals surface area contributed by atoms with Gasteiger partial charge < -0.3 is 11.1 Å². The van der Waals surface area contributed by atoms with Crippen molar-refractivity contribution in [3.63, 3.8) is 0 Å². The van der Waals surface area contributed by atoms with Crippen molar-refractivity contribution in [1.82, 2.24) is 4.98 Å². The molecule has 0 saturated heterocycles. The lowest BCUT2D eigenvalue weighted by molar-refractivity contribution is -0.115. The van der Waals surface area contributed by atoms with Crippen LogP contribution in [-0.2, 0) is 4.79 Å². The summed E-state index contributed by atoms with van der Waals surface area (Å²) in [7, 11) is 0. The Labute approximate surface area is 166 Å². The highest BCUT2D eigenvalue weighted by atomic mass is 32.1. The Morgan fingerprint density at radius 1 is 1.04 bits per heavy atom. The smallest absolute Gasteiger partial charge is 0.230 e. The first-order valence-electron chi connectivity index (χ1n) is 8.53. The Balaban J connectivity index is 1.76. The van der Waals surface area contributed by atoms with E-state index in [1.807, 2.05) is 18.2 Å². The molecule has 0 radical (unpaired) electrons. The van der Waals surface area contributed by atoms with Crippen molar-refractivity contribution < 1.29 is 9.18 Å². The van der Waals surface area contributed by atoms with Gasteiger partial charge >= 0.3 is 0 Å². The van der Waals surface area contributed by atoms with Gasteiger partial charge in [0.25, 0.3) is 0 Å². The fraction of sp³-hybridized carbons (Fsp3) is 0.0476. The Hall–Kier alpha value is -3.45. The SMILES string of the molecule is NC(=S)c1cc(C2=Nc3ccc(-c4ccc(F)cc4)cc3NC(=O)C2)ccn1. The summed E-state index contributed by atoms with van der Waals surface area (Å²) in [5, 5.41) is 2.89. The van der Waals surface area contributed by atoms with Gasteiger partial charge in [-0.05, 0) is 47.5 Å². The standard InChI is InChI=1S/C21H15FN4OS/c22-15-4-1-12(2-5-15)13-3-6-16-18(9-13)26-20(27)11-17(25-16)14-7-8-24-19(10-14)21(23)28/h1-10H,11H2,(H2,23,28)(H,26,27). The number of anilines is 1. The molecule has 1 aromatic heterocycles. The van der Waals surface area contributed by atoms with Gasteiger partial charge in [-0.1, -0.05) is 30.4 Å². The molecule has 0 spiro atoms. The van der Waals surface area contributed by atoms with Gasteiger partial charge in [-0.25, -0.2) is 4.39 Å². The molecule has 4 rings (SSSR count). The predicted molar refractivity (Wildman–Crippen MR) is 111 cm³/mol. The summed E-state index contributed by atoms with van der Waals surface area (Å²) in [4.78, 5) is 21.4. The van der Waals surface area contributed by atoms with Crippen LogP contribution in [0.25, 0.3) is 11.1 Å². The Morgan fingerprint density at radius 3 is 2.54 bits per heavy atom. The van der Waals surface area contributed by atoms with Gasteiger partial charge in [0, 0.05) is 11.8 Å². The van der Waals surface area contributed by atoms with Crippen LogP contribution in [0.4, 0.5) is 15.8 Å². The first-order chi connectivity index (χ1) is 13.5. The highest BCUT2D eigenvalue weighted by Gasteiger charge is 2.18. The Bertz CT molecular complexity index is 1130. The van der Waals surface area contributed by atoms with Crippen molar-refractivity contribution in [3.8, 4) is 11.1 Å². The largest absolute Gasteiger partial charge is 0.388 e. The van der Waals surface area contributed by atoms with Crippen LogP contribution in [0, 0.1) is 5.82 Å². The average molecular weight is 390 g/mol. The van der Waals surface area contributed by atoms with Crippen LogP contribution in [0.3, 0.4) is 0 Å². The molecule has 1 aliphatic heterocycles. The van der Waals surface area contributed by atoms with Crippen LogP contribution in [0.15, 0.2) is 65.8 Å². The quantitative estimate of drug-likeness (QED) is 0.663. The predicted octanol–water partition coefficient (Wildman–Crippen LogP) is 3.98. The van der Waals surface area contributed by atoms with Crippen molar-refractivity contribution >= 4 is 40.2 Å². The third kappa shape index (κ3) is 3.65. The van der Waals surface area contributed by atoms with Gasteiger partial charge in [-0.3, -0.25) is 14.8 Å². The molecule has 3 aromatic rings. The highest BCUT2D eigenvalue weighted by Crippen LogP contribution is 2.33. The van der Waals surface area contributed by atoms with E-state index in [1.165, 1.54) is 12.1 Å². The maximum atomic E-state index is 13.2. The van der Waals surface area contributed by atoms with E-state index in [0.717, 1.165) is 16.7 Å². The molecule has 0 atom stereocenters. The number of hydrogen-bond donors (Lipinski definition) is 2. The number of amides is 1. The number of rotatable bonds is 3. The molecule has 7 heteroatoms. The molecular formula is C21H15FN4OS. The number of benzene rings is 2. The highest BCUT2D eigenvalue weighted by molar-refractivity contribution is 7.80. The number of carbonyl (C=O) groups excluding carboxylic acids is 1. The van der Waals surface area contributed by atoms with Gasteiger partial charge in [0.15, 0.2) is 0 Å². The zero-order valence-electron chi connectivity index (χ0n) is 14.6. The molecular weight excluding hydrogens is 375 g/mol. The minimum atomic E-state index is -0.297. The van der Waals surface area contributed by atoms with Crippen molar-refractivity contribution in [2.45, 2.75) is 6.42 Å². The summed E-state index contributed by atoms with van der Waals surface area (Å²) in [5.41, 5.74) is 10.4. The van der Waals surface area contributed by atoms with Crippen molar-refractivity contribution in [3.05, 3.63) is 77.9 Å². The normalized spacial score (nSPS) is 13.2. The van der Waals surface area contributed by atoms with Crippen LogP contribution >= 0.6 is 12.2 Å². The van der Waals surface area contributed by atoms with Crippen molar-refractivity contribution in [1.29, 1.82) is 0 Å². The fourth-order valence-electron chi connectivity index (χ4n) is 3.00. The summed E-state index contributed by atoms with van der Waals surface area (Å²) >= 11 is 4.98. The lowest BCUT2D eigenvalue weighted by Crippen LogP contribution is -2.16. The zero-order chi connectivity index (χ0) is 19.7. The van der Waals surface area contributed by atoms with Gasteiger partial charge in [0.05, 0.1) is 29.2 Å². The molecule has 0 unspecified atom stereocenters. The molecule has 28 heavy (non-hydrogen) atoms. The van der Waals surface area contributed by atoms with Gasteiger partial charge in [-0.15, -0.1) is 0 Å². The number of aromatic nitrogens is 1. The van der Waals surface area contributed by atoms with E-state index in [0.29, 0.717) is 22.8 Å². The second kappa shape index (κ2) is 7.28. The van der Waals surface area contributed by atoms with E-state index < -0.39 is 0 Å². The number of fused-ring (bicyclic) bond motifs is 1. The molecule has 5 nitrogen and oxygen atoms in total. The summed E-state index contributed by atoms with van der Waals surface area (Å²) in [5.74, 6) is -0.475. The first-order valence-corrected chi connectivity index (χ1v) is 8.94. The van der Waals surface area contributed by atoms with Crippen LogP contribution in [-0.4, -0.2) is 21.6 Å². The minimum absolute atomic E-state index is 0.112. The van der Waals surface area contributed by atoms with Crippen LogP contribution in [0.2, 0.25) is 0 Å². The lowest BCUT2D eigenvalue weighted by atomic mass is 10.0. The van der Waals surface area contributed by atoms with Gasteiger partial charge in [0.1, 0.15) is 10.8 Å². The van der Waals surface area contributed by atoms with E-state index in [1.54, 1.807) is 30.5 Å². The third-order valence-corrected chi connectivity index (χ3v) is 4.59. The number of nitrogens with zero attached hydrogens (tertiary/aromatic N) is 2. The van der Waals surface area contributed by atoms with Gasteiger partial charge in [-0.2, -0.15) is 0 Å². The molecule has 138 valence electrons. The van der Waals surface area contributed by atoms with E-state index in [4.69, 9.17) is 18.0 Å². The zero-order valence-corrected chi connectivity index (χ0v) is 15.5. The van der Waals surface area contributed by atoms with E-state index in [9.17, 15) is 9.18 Å². The molecule has 0 bridgehead atoms. The molecule has 3 N–H and O–H groups in total. The monoisotopic (exact) mass is 390 g/mol. The number of halogens is 1. The topological polar surface area (TPSA) is 80.4 Å². The Morgan fingerprint density at radius 2 is 1.79 bits per heavy atom. The van der Waals surface area contributed by atoms with Crippen LogP contribution < -0.4 is 11.1 Å². The first kappa shape index (κ1) is 17.9. The average Bonchev–Trinajstić information content (AvgIpc) is 2.86. The number of carbonyl (C=O) groups is 1. The van der Waals surface area contributed by atoms with Crippen molar-refractivity contribution in [2.75, 3.05) is 5.32 Å². The number of thiocarbonyl (C=S) groups is 1. The minimum Gasteiger partial charge on any atom is -0.388 e. The van der Waals surface area contributed by atoms with Crippen LogP contribution in [0.5, 0.6) is 0 Å². The lowest BCUT2D eigenvalue weighted by Gasteiger charge is -2.08. The molecule has 0 saturated carbocycles. The van der Waals surface area contributed by atoms with E-state index >= 15 is 0 Å². The van der Waals surface area contributed by atoms with Gasteiger partial charge in [0.2, 0.25) is 5.91 Å². The molecule has 1 amide bonds. The van der Waals surface area contributed by atoms with Crippen molar-refractivity contribution in [2.24, 2.45) is 10.7 Å². The summed E-state index contributed by atoms with van der Waals surface area (Å²) < 4.78 is 13.2. The molecule has 2 heterocycles. The molecule has 0 aliphatic carbocycles. The fourth-order valence-corrected chi connectivity index (χ4v) is 3.11. The summed E-state index contributed by atoms with van der Waals surface area (Å²) in [6, 6.07) is 15.2. The second-order valence-electron chi connectivity index (χ2n) is 6.32. The maximum absolute atomic E-state index is 13.2. The molecule has 0 fully saturated rings. The number of nitrogens with one attached hydrogen (secondary N) is 1.